The summed E-state index contributed by atoms with van der Waals surface area (Å²) in [6, 6.07) is 3.82. The Morgan fingerprint density at radius 1 is 1.35 bits per heavy atom. The average molecular weight is 290 g/mol. The molecule has 0 fully saturated rings. The van der Waals surface area contributed by atoms with Gasteiger partial charge in [0.15, 0.2) is 5.82 Å². The fraction of sp³-hybridized carbons (Fsp3) is 0.0909. The van der Waals surface area contributed by atoms with Gasteiger partial charge in [0.2, 0.25) is 0 Å². The topological polar surface area (TPSA) is 88.5 Å². The van der Waals surface area contributed by atoms with E-state index < -0.39 is 0 Å². The molecule has 0 amide bonds. The van der Waals surface area contributed by atoms with Gasteiger partial charge >= 0.3 is 0 Å². The molecule has 0 unspecified atom stereocenters. The first-order valence-electron chi connectivity index (χ1n) is 4.77. The molecule has 0 bridgehead atoms. The summed E-state index contributed by atoms with van der Waals surface area (Å²) in [6.07, 6.45) is 3.31. The van der Waals surface area contributed by atoms with Crippen molar-refractivity contribution in [2.45, 2.75) is 6.92 Å². The van der Waals surface area contributed by atoms with Gasteiger partial charge in [-0.2, -0.15) is 5.26 Å². The molecule has 2 heterocycles. The number of aromatic nitrogens is 3. The Hall–Kier alpha value is -2.00. The molecule has 0 radical (unpaired) electrons. The average Bonchev–Trinajstić information content (AvgIpc) is 2.28. The van der Waals surface area contributed by atoms with E-state index in [4.69, 9.17) is 11.0 Å². The van der Waals surface area contributed by atoms with Crippen LogP contribution in [0.3, 0.4) is 0 Å². The van der Waals surface area contributed by atoms with Crippen LogP contribution in [0.25, 0.3) is 11.4 Å². The highest BCUT2D eigenvalue weighted by Crippen LogP contribution is 2.21. The first-order chi connectivity index (χ1) is 8.11. The molecule has 2 N–H and O–H groups in total. The van der Waals surface area contributed by atoms with Gasteiger partial charge in [-0.05, 0) is 28.9 Å². The van der Waals surface area contributed by atoms with Crippen LogP contribution in [0.4, 0.5) is 5.82 Å². The maximum Gasteiger partial charge on any atom is 0.163 e. The van der Waals surface area contributed by atoms with Gasteiger partial charge in [-0.1, -0.05) is 0 Å². The number of hydrogen-bond acceptors (Lipinski definition) is 5. The Morgan fingerprint density at radius 3 is 2.71 bits per heavy atom. The monoisotopic (exact) mass is 289 g/mol. The van der Waals surface area contributed by atoms with E-state index in [1.807, 2.05) is 12.1 Å². The number of nitrogens with two attached hydrogens (primary N) is 1. The second-order valence-electron chi connectivity index (χ2n) is 3.40. The van der Waals surface area contributed by atoms with E-state index in [1.54, 1.807) is 19.3 Å². The second kappa shape index (κ2) is 4.47. The zero-order chi connectivity index (χ0) is 12.4. The first kappa shape index (κ1) is 11.5. The molecular formula is C11H8BrN5. The number of anilines is 1. The largest absolute Gasteiger partial charge is 0.382 e. The molecule has 5 nitrogen and oxygen atoms in total. The Morgan fingerprint density at radius 2 is 2.12 bits per heavy atom. The lowest BCUT2D eigenvalue weighted by molar-refractivity contribution is 1.10. The summed E-state index contributed by atoms with van der Waals surface area (Å²) in [5.74, 6) is 0.655. The summed E-state index contributed by atoms with van der Waals surface area (Å²) in [5, 5.41) is 8.87. The number of aryl methyl sites for hydroxylation is 1. The van der Waals surface area contributed by atoms with Gasteiger partial charge in [0, 0.05) is 22.4 Å². The van der Waals surface area contributed by atoms with E-state index in [-0.39, 0.29) is 5.82 Å². The predicted octanol–water partition coefficient (Wildman–Crippen LogP) is 2.06. The lowest BCUT2D eigenvalue weighted by atomic mass is 10.2. The molecule has 0 aromatic carbocycles. The highest BCUT2D eigenvalue weighted by atomic mass is 79.9. The number of nitrogens with zero attached hydrogens (tertiary/aromatic N) is 4. The van der Waals surface area contributed by atoms with Gasteiger partial charge in [0.25, 0.3) is 0 Å². The summed E-state index contributed by atoms with van der Waals surface area (Å²) in [6.45, 7) is 1.73. The smallest absolute Gasteiger partial charge is 0.163 e. The van der Waals surface area contributed by atoms with Crippen molar-refractivity contribution in [3.05, 3.63) is 34.2 Å². The van der Waals surface area contributed by atoms with Crippen molar-refractivity contribution in [3.8, 4) is 17.5 Å². The normalized spacial score (nSPS) is 9.94. The minimum absolute atomic E-state index is 0.190. The van der Waals surface area contributed by atoms with Crippen LogP contribution in [-0.2, 0) is 0 Å². The van der Waals surface area contributed by atoms with E-state index in [1.165, 1.54) is 0 Å². The number of pyridine rings is 1. The summed E-state index contributed by atoms with van der Waals surface area (Å²) in [5.41, 5.74) is 7.33. The van der Waals surface area contributed by atoms with Gasteiger partial charge in [0.05, 0.1) is 5.69 Å². The van der Waals surface area contributed by atoms with Crippen LogP contribution in [0.5, 0.6) is 0 Å². The van der Waals surface area contributed by atoms with Gasteiger partial charge in [-0.25, -0.2) is 9.97 Å². The molecule has 0 aliphatic carbocycles. The van der Waals surface area contributed by atoms with Crippen molar-refractivity contribution in [3.63, 3.8) is 0 Å². The highest BCUT2D eigenvalue weighted by Gasteiger charge is 2.10. The molecule has 84 valence electrons. The van der Waals surface area contributed by atoms with Crippen LogP contribution < -0.4 is 5.73 Å². The fourth-order valence-corrected chi connectivity index (χ4v) is 1.76. The van der Waals surface area contributed by atoms with Crippen molar-refractivity contribution in [2.75, 3.05) is 5.73 Å². The van der Waals surface area contributed by atoms with Gasteiger partial charge < -0.3 is 5.73 Å². The van der Waals surface area contributed by atoms with Crippen LogP contribution in [0.2, 0.25) is 0 Å². The van der Waals surface area contributed by atoms with E-state index in [9.17, 15) is 0 Å². The van der Waals surface area contributed by atoms with E-state index in [0.29, 0.717) is 17.1 Å². The van der Waals surface area contributed by atoms with Gasteiger partial charge in [0.1, 0.15) is 17.5 Å². The molecule has 0 aliphatic rings. The molecule has 0 saturated carbocycles. The molecule has 0 aliphatic heterocycles. The molecule has 2 aromatic rings. The number of nitriles is 1. The number of hydrogen-bond donors (Lipinski definition) is 1. The van der Waals surface area contributed by atoms with Crippen molar-refractivity contribution < 1.29 is 0 Å². The standard InChI is InChI=1S/C11H8BrN5/c1-6-9(3-13)10(14)17-11(16-6)7-2-8(12)5-15-4-7/h2,4-5H,1H3,(H2,14,16,17). The van der Waals surface area contributed by atoms with Crippen molar-refractivity contribution in [1.82, 2.24) is 15.0 Å². The zero-order valence-electron chi connectivity index (χ0n) is 8.98. The van der Waals surface area contributed by atoms with Crippen LogP contribution in [0.1, 0.15) is 11.3 Å². The predicted molar refractivity (Wildman–Crippen MR) is 66.8 cm³/mol. The molecule has 2 rings (SSSR count). The molecule has 17 heavy (non-hydrogen) atoms. The lowest BCUT2D eigenvalue weighted by Gasteiger charge is -2.05. The highest BCUT2D eigenvalue weighted by molar-refractivity contribution is 9.10. The molecule has 2 aromatic heterocycles. The Balaban J connectivity index is 2.59. The van der Waals surface area contributed by atoms with Crippen LogP contribution in [-0.4, -0.2) is 15.0 Å². The molecule has 6 heteroatoms. The van der Waals surface area contributed by atoms with E-state index in [2.05, 4.69) is 30.9 Å². The first-order valence-corrected chi connectivity index (χ1v) is 5.56. The minimum atomic E-state index is 0.190. The minimum Gasteiger partial charge on any atom is -0.382 e. The molecular weight excluding hydrogens is 282 g/mol. The third-order valence-corrected chi connectivity index (χ3v) is 2.63. The summed E-state index contributed by atoms with van der Waals surface area (Å²) < 4.78 is 0.833. The second-order valence-corrected chi connectivity index (χ2v) is 4.31. The third-order valence-electron chi connectivity index (χ3n) is 2.19. The van der Waals surface area contributed by atoms with Gasteiger partial charge in [-0.3, -0.25) is 4.98 Å². The zero-order valence-corrected chi connectivity index (χ0v) is 10.6. The lowest BCUT2D eigenvalue weighted by Crippen LogP contribution is -2.02. The molecule has 0 spiro atoms. The van der Waals surface area contributed by atoms with Gasteiger partial charge in [-0.15, -0.1) is 0 Å². The molecule has 0 saturated heterocycles. The number of halogens is 1. The quantitative estimate of drug-likeness (QED) is 0.868. The summed E-state index contributed by atoms with van der Waals surface area (Å²) in [4.78, 5) is 12.4. The Bertz CT molecular complexity index is 594. The van der Waals surface area contributed by atoms with E-state index >= 15 is 0 Å². The van der Waals surface area contributed by atoms with Crippen LogP contribution in [0, 0.1) is 18.3 Å². The van der Waals surface area contributed by atoms with Crippen molar-refractivity contribution in [1.29, 1.82) is 5.26 Å². The van der Waals surface area contributed by atoms with Crippen LogP contribution in [0.15, 0.2) is 22.9 Å². The number of rotatable bonds is 1. The molecule has 0 atom stereocenters. The summed E-state index contributed by atoms with van der Waals surface area (Å²) >= 11 is 3.32. The van der Waals surface area contributed by atoms with E-state index in [0.717, 1.165) is 10.0 Å². The Kier molecular flexibility index (Phi) is 3.02. The Labute approximate surface area is 106 Å². The summed E-state index contributed by atoms with van der Waals surface area (Å²) in [7, 11) is 0. The van der Waals surface area contributed by atoms with Crippen molar-refractivity contribution >= 4 is 21.7 Å². The fourth-order valence-electron chi connectivity index (χ4n) is 1.40. The van der Waals surface area contributed by atoms with Crippen molar-refractivity contribution in [2.24, 2.45) is 0 Å². The SMILES string of the molecule is Cc1nc(-c2cncc(Br)c2)nc(N)c1C#N. The van der Waals surface area contributed by atoms with Crippen LogP contribution >= 0.6 is 15.9 Å². The maximum atomic E-state index is 8.87. The maximum absolute atomic E-state index is 8.87. The number of nitrogen functional groups attached to an aromatic ring is 1. The third kappa shape index (κ3) is 2.24.